The molecule has 0 aromatic rings. The molecule has 4 N–H and O–H groups in total. The zero-order chi connectivity index (χ0) is 14.0. The SMILES string of the molecule is CC(C)(C)OC(=O)NCC1(C)C(O)CNCC1O. The lowest BCUT2D eigenvalue weighted by molar-refractivity contribution is -0.0772. The summed E-state index contributed by atoms with van der Waals surface area (Å²) in [5.41, 5.74) is -1.32. The van der Waals surface area contributed by atoms with Crippen LogP contribution < -0.4 is 10.6 Å². The Balaban J connectivity index is 2.53. The van der Waals surface area contributed by atoms with E-state index in [9.17, 15) is 15.0 Å². The van der Waals surface area contributed by atoms with Crippen LogP contribution in [0, 0.1) is 5.41 Å². The molecule has 0 spiro atoms. The van der Waals surface area contributed by atoms with Crippen molar-refractivity contribution in [2.45, 2.75) is 45.5 Å². The van der Waals surface area contributed by atoms with Gasteiger partial charge in [0.15, 0.2) is 0 Å². The van der Waals surface area contributed by atoms with E-state index in [0.717, 1.165) is 0 Å². The van der Waals surface area contributed by atoms with Crippen molar-refractivity contribution < 1.29 is 19.7 Å². The molecule has 1 saturated heterocycles. The second-order valence-electron chi connectivity index (χ2n) is 6.05. The third-order valence-electron chi connectivity index (χ3n) is 3.21. The normalized spacial score (nSPS) is 33.0. The lowest BCUT2D eigenvalue weighted by Gasteiger charge is -2.42. The number of aliphatic hydroxyl groups excluding tert-OH is 2. The molecule has 1 rings (SSSR count). The lowest BCUT2D eigenvalue weighted by atomic mass is 9.76. The molecule has 0 aromatic carbocycles. The van der Waals surface area contributed by atoms with Crippen LogP contribution in [0.1, 0.15) is 27.7 Å². The predicted octanol–water partition coefficient (Wildman–Crippen LogP) is -0.158. The molecule has 2 atom stereocenters. The highest BCUT2D eigenvalue weighted by Gasteiger charge is 2.43. The van der Waals surface area contributed by atoms with Crippen molar-refractivity contribution in [3.05, 3.63) is 0 Å². The first kappa shape index (κ1) is 15.2. The third kappa shape index (κ3) is 3.83. The lowest BCUT2D eigenvalue weighted by Crippen LogP contribution is -2.61. The van der Waals surface area contributed by atoms with Gasteiger partial charge >= 0.3 is 6.09 Å². The maximum Gasteiger partial charge on any atom is 0.407 e. The van der Waals surface area contributed by atoms with Crippen molar-refractivity contribution in [3.8, 4) is 0 Å². The average molecular weight is 260 g/mol. The van der Waals surface area contributed by atoms with Crippen molar-refractivity contribution in [2.24, 2.45) is 5.41 Å². The summed E-state index contributed by atoms with van der Waals surface area (Å²) >= 11 is 0. The predicted molar refractivity (Wildman–Crippen MR) is 67.2 cm³/mol. The number of β-amino-alcohol motifs (C(OH)–C–C–N with tert-alkyl or cyclic N) is 2. The second-order valence-corrected chi connectivity index (χ2v) is 6.05. The van der Waals surface area contributed by atoms with Gasteiger partial charge in [-0.1, -0.05) is 6.92 Å². The summed E-state index contributed by atoms with van der Waals surface area (Å²) < 4.78 is 5.12. The number of rotatable bonds is 2. The first-order chi connectivity index (χ1) is 8.15. The van der Waals surface area contributed by atoms with Crippen LogP contribution in [-0.2, 0) is 4.74 Å². The van der Waals surface area contributed by atoms with Crippen LogP contribution in [0.2, 0.25) is 0 Å². The fourth-order valence-corrected chi connectivity index (χ4v) is 1.86. The van der Waals surface area contributed by atoms with Gasteiger partial charge in [0.05, 0.1) is 12.2 Å². The minimum atomic E-state index is -0.762. The molecule has 1 aliphatic rings. The molecule has 18 heavy (non-hydrogen) atoms. The van der Waals surface area contributed by atoms with Crippen LogP contribution in [0.15, 0.2) is 0 Å². The van der Waals surface area contributed by atoms with Gasteiger partial charge in [-0.3, -0.25) is 0 Å². The van der Waals surface area contributed by atoms with Crippen molar-refractivity contribution in [1.29, 1.82) is 0 Å². The maximum atomic E-state index is 11.5. The molecule has 106 valence electrons. The summed E-state index contributed by atoms with van der Waals surface area (Å²) in [4.78, 5) is 11.5. The quantitative estimate of drug-likeness (QED) is 0.554. The zero-order valence-corrected chi connectivity index (χ0v) is 11.5. The minimum absolute atomic E-state index is 0.173. The monoisotopic (exact) mass is 260 g/mol. The Morgan fingerprint density at radius 2 is 1.89 bits per heavy atom. The zero-order valence-electron chi connectivity index (χ0n) is 11.5. The van der Waals surface area contributed by atoms with E-state index in [1.807, 2.05) is 0 Å². The Bertz CT molecular complexity index is 291. The molecule has 0 bridgehead atoms. The number of carbonyl (C=O) groups excluding carboxylic acids is 1. The van der Waals surface area contributed by atoms with Crippen LogP contribution in [0.25, 0.3) is 0 Å². The van der Waals surface area contributed by atoms with Crippen LogP contribution in [0.3, 0.4) is 0 Å². The molecular weight excluding hydrogens is 236 g/mol. The molecule has 1 aliphatic heterocycles. The average Bonchev–Trinajstić information content (AvgIpc) is 2.21. The summed E-state index contributed by atoms with van der Waals surface area (Å²) in [5.74, 6) is 0. The molecule has 1 amide bonds. The minimum Gasteiger partial charge on any atom is -0.444 e. The standard InChI is InChI=1S/C12H24N2O4/c1-11(2,3)18-10(17)14-7-12(4)8(15)5-13-6-9(12)16/h8-9,13,15-16H,5-7H2,1-4H3,(H,14,17). The number of amides is 1. The highest BCUT2D eigenvalue weighted by atomic mass is 16.6. The van der Waals surface area contributed by atoms with E-state index >= 15 is 0 Å². The number of aliphatic hydroxyl groups is 2. The number of nitrogens with one attached hydrogen (secondary N) is 2. The van der Waals surface area contributed by atoms with E-state index in [2.05, 4.69) is 10.6 Å². The molecule has 0 aromatic heterocycles. The summed E-state index contributed by atoms with van der Waals surface area (Å²) in [5, 5.41) is 25.4. The number of carbonyl (C=O) groups is 1. The van der Waals surface area contributed by atoms with Crippen molar-refractivity contribution in [3.63, 3.8) is 0 Å². The van der Waals surface area contributed by atoms with Gasteiger partial charge in [-0.05, 0) is 20.8 Å². The molecule has 6 heteroatoms. The largest absolute Gasteiger partial charge is 0.444 e. The molecule has 0 aliphatic carbocycles. The number of alkyl carbamates (subject to hydrolysis) is 1. The van der Waals surface area contributed by atoms with Gasteiger partial charge in [0.2, 0.25) is 0 Å². The van der Waals surface area contributed by atoms with Gasteiger partial charge in [-0.25, -0.2) is 4.79 Å². The van der Waals surface area contributed by atoms with E-state index in [-0.39, 0.29) is 6.54 Å². The molecular formula is C12H24N2O4. The fraction of sp³-hybridized carbons (Fsp3) is 0.917. The van der Waals surface area contributed by atoms with Gasteiger partial charge in [0.25, 0.3) is 0 Å². The topological polar surface area (TPSA) is 90.8 Å². The molecule has 1 fully saturated rings. The van der Waals surface area contributed by atoms with Gasteiger partial charge in [-0.15, -0.1) is 0 Å². The van der Waals surface area contributed by atoms with E-state index in [4.69, 9.17) is 4.74 Å². The Morgan fingerprint density at radius 3 is 2.33 bits per heavy atom. The molecule has 0 radical (unpaired) electrons. The van der Waals surface area contributed by atoms with E-state index in [0.29, 0.717) is 13.1 Å². The van der Waals surface area contributed by atoms with Crippen LogP contribution in [0.5, 0.6) is 0 Å². The van der Waals surface area contributed by atoms with Crippen molar-refractivity contribution >= 4 is 6.09 Å². The van der Waals surface area contributed by atoms with Crippen molar-refractivity contribution in [1.82, 2.24) is 10.6 Å². The van der Waals surface area contributed by atoms with E-state index in [1.54, 1.807) is 27.7 Å². The Kier molecular flexibility index (Phi) is 4.58. The van der Waals surface area contributed by atoms with Gasteiger partial charge in [0, 0.05) is 25.0 Å². The number of hydrogen-bond donors (Lipinski definition) is 4. The summed E-state index contributed by atoms with van der Waals surface area (Å²) in [6.45, 7) is 8.08. The number of piperidine rings is 1. The Morgan fingerprint density at radius 1 is 1.39 bits per heavy atom. The van der Waals surface area contributed by atoms with Gasteiger partial charge < -0.3 is 25.6 Å². The number of hydrogen-bond acceptors (Lipinski definition) is 5. The van der Waals surface area contributed by atoms with Crippen LogP contribution >= 0.6 is 0 Å². The van der Waals surface area contributed by atoms with E-state index < -0.39 is 29.3 Å². The third-order valence-corrected chi connectivity index (χ3v) is 3.21. The van der Waals surface area contributed by atoms with Gasteiger partial charge in [0.1, 0.15) is 5.60 Å². The first-order valence-corrected chi connectivity index (χ1v) is 6.19. The van der Waals surface area contributed by atoms with E-state index in [1.165, 1.54) is 0 Å². The van der Waals surface area contributed by atoms with Crippen LogP contribution in [0.4, 0.5) is 4.79 Å². The Hall–Kier alpha value is -0.850. The molecule has 6 nitrogen and oxygen atoms in total. The summed E-state index contributed by atoms with van der Waals surface area (Å²) in [7, 11) is 0. The summed E-state index contributed by atoms with van der Waals surface area (Å²) in [6, 6.07) is 0. The highest BCUT2D eigenvalue weighted by molar-refractivity contribution is 5.67. The molecule has 1 heterocycles. The van der Waals surface area contributed by atoms with Gasteiger partial charge in [-0.2, -0.15) is 0 Å². The fourth-order valence-electron chi connectivity index (χ4n) is 1.86. The second kappa shape index (κ2) is 5.42. The summed E-state index contributed by atoms with van der Waals surface area (Å²) in [6.07, 6.45) is -1.96. The smallest absolute Gasteiger partial charge is 0.407 e. The maximum absolute atomic E-state index is 11.5. The highest BCUT2D eigenvalue weighted by Crippen LogP contribution is 2.28. The van der Waals surface area contributed by atoms with Crippen LogP contribution in [-0.4, -0.2) is 53.7 Å². The molecule has 0 saturated carbocycles. The Labute approximate surface area is 108 Å². The van der Waals surface area contributed by atoms with Crippen molar-refractivity contribution in [2.75, 3.05) is 19.6 Å². The number of ether oxygens (including phenoxy) is 1. The molecule has 2 unspecified atom stereocenters. The first-order valence-electron chi connectivity index (χ1n) is 6.19.